The van der Waals surface area contributed by atoms with Crippen LogP contribution in [-0.2, 0) is 6.42 Å². The van der Waals surface area contributed by atoms with Gasteiger partial charge in [0.2, 0.25) is 0 Å². The van der Waals surface area contributed by atoms with Gasteiger partial charge in [0, 0.05) is 10.4 Å². The van der Waals surface area contributed by atoms with Gasteiger partial charge in [-0.25, -0.2) is 4.98 Å². The summed E-state index contributed by atoms with van der Waals surface area (Å²) in [7, 11) is 2.03. The maximum atomic E-state index is 5.63. The molecule has 0 amide bonds. The number of nitrogens with zero attached hydrogens (tertiary/aromatic N) is 1. The predicted molar refractivity (Wildman–Crippen MR) is 88.1 cm³/mol. The zero-order chi connectivity index (χ0) is 14.7. The van der Waals surface area contributed by atoms with Crippen LogP contribution in [-0.4, -0.2) is 18.6 Å². The zero-order valence-corrected chi connectivity index (χ0v) is 13.5. The Labute approximate surface area is 130 Å². The van der Waals surface area contributed by atoms with Gasteiger partial charge < -0.3 is 10.1 Å². The summed E-state index contributed by atoms with van der Waals surface area (Å²) < 4.78 is 5.63. The molecule has 3 nitrogen and oxygen atoms in total. The smallest absolute Gasteiger partial charge is 0.123 e. The number of ether oxygens (including phenoxy) is 1. The van der Waals surface area contributed by atoms with Crippen LogP contribution in [0.15, 0.2) is 24.3 Å². The first-order valence-corrected chi connectivity index (χ1v) is 8.53. The summed E-state index contributed by atoms with van der Waals surface area (Å²) in [5, 5.41) is 4.51. The molecule has 1 aliphatic rings. The van der Waals surface area contributed by atoms with E-state index in [1.165, 1.54) is 35.4 Å². The molecule has 1 aliphatic carbocycles. The average Bonchev–Trinajstić information content (AvgIpc) is 2.97. The number of aryl methyl sites for hydroxylation is 1. The quantitative estimate of drug-likeness (QED) is 0.899. The van der Waals surface area contributed by atoms with E-state index in [0.717, 1.165) is 23.8 Å². The number of rotatable bonds is 5. The monoisotopic (exact) mass is 302 g/mol. The number of hydrogen-bond acceptors (Lipinski definition) is 4. The van der Waals surface area contributed by atoms with Crippen LogP contribution in [0, 0.1) is 0 Å². The molecule has 112 valence electrons. The van der Waals surface area contributed by atoms with Gasteiger partial charge in [-0.15, -0.1) is 11.3 Å². The third kappa shape index (κ3) is 3.11. The van der Waals surface area contributed by atoms with Crippen molar-refractivity contribution >= 4 is 11.3 Å². The van der Waals surface area contributed by atoms with Crippen LogP contribution in [0.5, 0.6) is 5.75 Å². The van der Waals surface area contributed by atoms with Crippen molar-refractivity contribution in [1.29, 1.82) is 0 Å². The Balaban J connectivity index is 1.82. The highest BCUT2D eigenvalue weighted by molar-refractivity contribution is 7.15. The fourth-order valence-electron chi connectivity index (χ4n) is 2.74. The van der Waals surface area contributed by atoms with Gasteiger partial charge in [0.05, 0.1) is 18.3 Å². The van der Waals surface area contributed by atoms with Gasteiger partial charge in [0.1, 0.15) is 10.8 Å². The molecule has 0 radical (unpaired) electrons. The molecule has 2 aromatic rings. The number of benzene rings is 1. The number of nitrogens with one attached hydrogen (secondary N) is 1. The first-order valence-electron chi connectivity index (χ1n) is 7.72. The van der Waals surface area contributed by atoms with Gasteiger partial charge in [0.15, 0.2) is 0 Å². The largest absolute Gasteiger partial charge is 0.494 e. The first kappa shape index (κ1) is 14.5. The summed E-state index contributed by atoms with van der Waals surface area (Å²) in [4.78, 5) is 6.33. The van der Waals surface area contributed by atoms with E-state index in [4.69, 9.17) is 9.72 Å². The molecule has 0 saturated carbocycles. The lowest BCUT2D eigenvalue weighted by Gasteiger charge is -2.19. The topological polar surface area (TPSA) is 34.1 Å². The minimum absolute atomic E-state index is 0.422. The number of aromatic nitrogens is 1. The van der Waals surface area contributed by atoms with Crippen molar-refractivity contribution in [3.63, 3.8) is 0 Å². The second-order valence-corrected chi connectivity index (χ2v) is 6.52. The SMILES string of the molecule is CCCOc1ccc(-c2nc3c(s2)CCCC3NC)cc1. The molecule has 21 heavy (non-hydrogen) atoms. The molecule has 0 aliphatic heterocycles. The molecule has 1 aromatic carbocycles. The van der Waals surface area contributed by atoms with E-state index in [1.54, 1.807) is 0 Å². The van der Waals surface area contributed by atoms with Crippen LogP contribution < -0.4 is 10.1 Å². The van der Waals surface area contributed by atoms with Crippen molar-refractivity contribution < 1.29 is 4.74 Å². The highest BCUT2D eigenvalue weighted by Gasteiger charge is 2.23. The van der Waals surface area contributed by atoms with Crippen molar-refractivity contribution in [3.8, 4) is 16.3 Å². The summed E-state index contributed by atoms with van der Waals surface area (Å²) in [6.45, 7) is 2.89. The van der Waals surface area contributed by atoms with Gasteiger partial charge in [-0.05, 0) is 57.0 Å². The average molecular weight is 302 g/mol. The number of hydrogen-bond donors (Lipinski definition) is 1. The molecular formula is C17H22N2OS. The van der Waals surface area contributed by atoms with E-state index in [2.05, 4.69) is 24.4 Å². The third-order valence-corrected chi connectivity index (χ3v) is 5.06. The molecule has 4 heteroatoms. The molecule has 0 saturated heterocycles. The van der Waals surface area contributed by atoms with Crippen LogP contribution in [0.4, 0.5) is 0 Å². The van der Waals surface area contributed by atoms with Crippen molar-refractivity contribution in [1.82, 2.24) is 10.3 Å². The summed E-state index contributed by atoms with van der Waals surface area (Å²) >= 11 is 1.84. The van der Waals surface area contributed by atoms with Crippen molar-refractivity contribution in [2.24, 2.45) is 0 Å². The van der Waals surface area contributed by atoms with Crippen LogP contribution in [0.2, 0.25) is 0 Å². The Morgan fingerprint density at radius 3 is 2.86 bits per heavy atom. The molecule has 0 bridgehead atoms. The predicted octanol–water partition coefficient (Wildman–Crippen LogP) is 4.20. The van der Waals surface area contributed by atoms with Gasteiger partial charge >= 0.3 is 0 Å². The molecule has 1 aromatic heterocycles. The highest BCUT2D eigenvalue weighted by Crippen LogP contribution is 2.37. The third-order valence-electron chi connectivity index (χ3n) is 3.88. The normalized spacial score (nSPS) is 17.5. The molecule has 1 atom stereocenters. The van der Waals surface area contributed by atoms with Crippen molar-refractivity contribution in [2.75, 3.05) is 13.7 Å². The van der Waals surface area contributed by atoms with Gasteiger partial charge in [-0.1, -0.05) is 6.92 Å². The zero-order valence-electron chi connectivity index (χ0n) is 12.7. The van der Waals surface area contributed by atoms with Crippen LogP contribution >= 0.6 is 11.3 Å². The Morgan fingerprint density at radius 1 is 1.33 bits per heavy atom. The Kier molecular flexibility index (Phi) is 4.56. The maximum absolute atomic E-state index is 5.63. The molecule has 3 rings (SSSR count). The minimum Gasteiger partial charge on any atom is -0.494 e. The highest BCUT2D eigenvalue weighted by atomic mass is 32.1. The van der Waals surface area contributed by atoms with E-state index in [1.807, 2.05) is 30.5 Å². The first-order chi connectivity index (χ1) is 10.3. The van der Waals surface area contributed by atoms with Gasteiger partial charge in [0.25, 0.3) is 0 Å². The lowest BCUT2D eigenvalue weighted by molar-refractivity contribution is 0.317. The molecule has 1 N–H and O–H groups in total. The lowest BCUT2D eigenvalue weighted by Crippen LogP contribution is -2.21. The maximum Gasteiger partial charge on any atom is 0.123 e. The fraction of sp³-hybridized carbons (Fsp3) is 0.471. The van der Waals surface area contributed by atoms with E-state index >= 15 is 0 Å². The minimum atomic E-state index is 0.422. The van der Waals surface area contributed by atoms with Crippen LogP contribution in [0.3, 0.4) is 0 Å². The summed E-state index contributed by atoms with van der Waals surface area (Å²) in [5.41, 5.74) is 2.45. The Bertz CT molecular complexity index is 591. The summed E-state index contributed by atoms with van der Waals surface area (Å²) in [6, 6.07) is 8.74. The van der Waals surface area contributed by atoms with Gasteiger partial charge in [-0.3, -0.25) is 0 Å². The van der Waals surface area contributed by atoms with E-state index in [-0.39, 0.29) is 0 Å². The number of thiazole rings is 1. The number of fused-ring (bicyclic) bond motifs is 1. The van der Waals surface area contributed by atoms with Crippen molar-refractivity contribution in [2.45, 2.75) is 38.6 Å². The molecular weight excluding hydrogens is 280 g/mol. The molecule has 1 unspecified atom stereocenters. The Morgan fingerprint density at radius 2 is 2.14 bits per heavy atom. The molecule has 1 heterocycles. The summed E-state index contributed by atoms with van der Waals surface area (Å²) in [6.07, 6.45) is 4.65. The second-order valence-electron chi connectivity index (χ2n) is 5.43. The fourth-order valence-corrected chi connectivity index (χ4v) is 3.91. The molecule has 0 spiro atoms. The molecule has 0 fully saturated rings. The van der Waals surface area contributed by atoms with Gasteiger partial charge in [-0.2, -0.15) is 0 Å². The Hall–Kier alpha value is -1.39. The van der Waals surface area contributed by atoms with E-state index < -0.39 is 0 Å². The van der Waals surface area contributed by atoms with E-state index in [9.17, 15) is 0 Å². The standard InChI is InChI=1S/C17H22N2OS/c1-3-11-20-13-9-7-12(8-10-13)17-19-16-14(18-2)5-4-6-15(16)21-17/h7-10,14,18H,3-6,11H2,1-2H3. The second kappa shape index (κ2) is 6.58. The lowest BCUT2D eigenvalue weighted by atomic mass is 9.98. The summed E-state index contributed by atoms with van der Waals surface area (Å²) in [5.74, 6) is 0.940. The van der Waals surface area contributed by atoms with Crippen LogP contribution in [0.1, 0.15) is 42.8 Å². The van der Waals surface area contributed by atoms with Crippen LogP contribution in [0.25, 0.3) is 10.6 Å². The van der Waals surface area contributed by atoms with Crippen molar-refractivity contribution in [3.05, 3.63) is 34.8 Å². The van der Waals surface area contributed by atoms with E-state index in [0.29, 0.717) is 6.04 Å².